The van der Waals surface area contributed by atoms with E-state index in [2.05, 4.69) is 232 Å². The largest absolute Gasteiger partial charge is 0.456 e. The highest BCUT2D eigenvalue weighted by Gasteiger charge is 2.33. The van der Waals surface area contributed by atoms with Gasteiger partial charge in [-0.05, 0) is 99.1 Å². The van der Waals surface area contributed by atoms with Gasteiger partial charge in [-0.1, -0.05) is 212 Å². The fraction of sp³-hybridized carbons (Fsp3) is 0. The maximum absolute atomic E-state index is 12.5. The van der Waals surface area contributed by atoms with Crippen molar-refractivity contribution in [2.75, 3.05) is 0 Å². The SMILES string of the molecule is [C-]#[N+]c1c(-c2ccccc2)c(C#N)c(-n2c3c(ccc4c5cc(-c6ccccc6)ccc5sc43)c3ccc4c5cc(-c6ccccc6)ccc5sc4c32)c(-c2ccccc2)c1-n1c2ccccc2c2cc(-c3cccc4oc5ccccc5c34)ccc21. The second-order valence-corrected chi connectivity index (χ2v) is 24.5. The standard InChI is InChI=1S/C80H44N4OS2/c1-82-74-71(49-23-10-4-11-24-49)64(46-81)75(72(50-25-12-5-13-26-50)78(74)83-65-30-16-14-27-55(65)61-45-53(33-40-66(61)83)54-29-18-32-68-73(54)60-28-15-17-31-67(60)85-68)84-76-56(36-38-58-62-43-51(47-19-6-2-7-20-47)34-41-69(62)86-79(58)76)57-37-39-59-63-44-52(48-21-8-3-9-22-48)35-42-70(63)87-80(59)77(57)84/h2-45H. The Morgan fingerprint density at radius 1 is 0.368 bits per heavy atom. The lowest BCUT2D eigenvalue weighted by molar-refractivity contribution is 0.669. The molecule has 0 N–H and O–H groups in total. The zero-order valence-electron chi connectivity index (χ0n) is 46.4. The molecule has 0 aliphatic rings. The molecule has 0 aliphatic carbocycles. The lowest BCUT2D eigenvalue weighted by Gasteiger charge is -2.26. The number of rotatable bonds is 7. The molecule has 0 radical (unpaired) electrons. The summed E-state index contributed by atoms with van der Waals surface area (Å²) in [5.41, 5.74) is 17.6. The molecule has 0 saturated carbocycles. The van der Waals surface area contributed by atoms with Gasteiger partial charge < -0.3 is 13.6 Å². The summed E-state index contributed by atoms with van der Waals surface area (Å²) in [4.78, 5) is 4.67. The summed E-state index contributed by atoms with van der Waals surface area (Å²) >= 11 is 3.60. The molecule has 0 amide bonds. The number of nitriles is 1. The van der Waals surface area contributed by atoms with Crippen molar-refractivity contribution in [2.24, 2.45) is 0 Å². The smallest absolute Gasteiger partial charge is 0.220 e. The van der Waals surface area contributed by atoms with E-state index in [-0.39, 0.29) is 0 Å². The number of thiophene rings is 2. The molecule has 87 heavy (non-hydrogen) atoms. The summed E-state index contributed by atoms with van der Waals surface area (Å²) in [6.07, 6.45) is 0. The summed E-state index contributed by atoms with van der Waals surface area (Å²) < 4.78 is 15.8. The van der Waals surface area contributed by atoms with Crippen LogP contribution in [0.3, 0.4) is 0 Å². The number of benzene rings is 13. The highest BCUT2D eigenvalue weighted by atomic mass is 32.1. The van der Waals surface area contributed by atoms with Gasteiger partial charge in [0.05, 0.1) is 55.0 Å². The number of fused-ring (bicyclic) bond motifs is 17. The fourth-order valence-corrected chi connectivity index (χ4v) is 16.5. The van der Waals surface area contributed by atoms with Gasteiger partial charge in [0.1, 0.15) is 17.2 Å². The second kappa shape index (κ2) is 19.1. The van der Waals surface area contributed by atoms with E-state index >= 15 is 0 Å². The van der Waals surface area contributed by atoms with Crippen LogP contribution >= 0.6 is 22.7 Å². The predicted molar refractivity (Wildman–Crippen MR) is 366 cm³/mol. The highest BCUT2D eigenvalue weighted by molar-refractivity contribution is 7.27. The van der Waals surface area contributed by atoms with Crippen LogP contribution in [0.25, 0.3) is 178 Å². The number of para-hydroxylation sites is 2. The molecule has 0 unspecified atom stereocenters. The van der Waals surface area contributed by atoms with E-state index in [0.29, 0.717) is 22.5 Å². The minimum Gasteiger partial charge on any atom is -0.456 e. The molecule has 7 heteroatoms. The lowest BCUT2D eigenvalue weighted by Crippen LogP contribution is -2.09. The Kier molecular flexibility index (Phi) is 10.8. The summed E-state index contributed by atoms with van der Waals surface area (Å²) in [6, 6.07) is 97.5. The first-order valence-corrected chi connectivity index (χ1v) is 30.7. The van der Waals surface area contributed by atoms with Crippen LogP contribution < -0.4 is 0 Å². The van der Waals surface area contributed by atoms with Crippen molar-refractivity contribution in [1.29, 1.82) is 5.26 Å². The van der Waals surface area contributed by atoms with Gasteiger partial charge in [-0.15, -0.1) is 22.7 Å². The Morgan fingerprint density at radius 3 is 1.46 bits per heavy atom. The Hall–Kier alpha value is -11.3. The predicted octanol–water partition coefficient (Wildman–Crippen LogP) is 23.3. The molecule has 0 fully saturated rings. The average Bonchev–Trinajstić information content (AvgIpc) is 1.63. The van der Waals surface area contributed by atoms with Gasteiger partial charge in [-0.3, -0.25) is 0 Å². The molecule has 0 atom stereocenters. The van der Waals surface area contributed by atoms with Crippen molar-refractivity contribution in [3.8, 4) is 73.1 Å². The molecule has 5 heterocycles. The van der Waals surface area contributed by atoms with Gasteiger partial charge in [0, 0.05) is 74.4 Å². The Bertz CT molecular complexity index is 5840. The van der Waals surface area contributed by atoms with Gasteiger partial charge in [-0.25, -0.2) is 4.85 Å². The normalized spacial score (nSPS) is 11.9. The zero-order valence-corrected chi connectivity index (χ0v) is 48.1. The van der Waals surface area contributed by atoms with Crippen LogP contribution in [0.5, 0.6) is 0 Å². The number of aromatic nitrogens is 2. The van der Waals surface area contributed by atoms with E-state index in [1.54, 1.807) is 22.7 Å². The molecule has 0 bridgehead atoms. The van der Waals surface area contributed by atoms with Crippen LogP contribution in [-0.4, -0.2) is 9.13 Å². The average molecular weight is 1140 g/mol. The first-order chi connectivity index (χ1) is 43.1. The van der Waals surface area contributed by atoms with E-state index in [0.717, 1.165) is 141 Å². The fourth-order valence-electron chi connectivity index (χ4n) is 14.0. The van der Waals surface area contributed by atoms with Gasteiger partial charge in [0.2, 0.25) is 5.69 Å². The molecule has 5 aromatic heterocycles. The van der Waals surface area contributed by atoms with Crippen LogP contribution in [0.4, 0.5) is 5.69 Å². The molecule has 0 saturated heterocycles. The lowest BCUT2D eigenvalue weighted by atomic mass is 9.88. The van der Waals surface area contributed by atoms with E-state index in [4.69, 9.17) is 4.42 Å². The van der Waals surface area contributed by atoms with Gasteiger partial charge in [0.15, 0.2) is 0 Å². The van der Waals surface area contributed by atoms with Crippen LogP contribution in [-0.2, 0) is 0 Å². The number of hydrogen-bond donors (Lipinski definition) is 0. The van der Waals surface area contributed by atoms with Crippen molar-refractivity contribution in [3.63, 3.8) is 0 Å². The monoisotopic (exact) mass is 1140 g/mol. The summed E-state index contributed by atoms with van der Waals surface area (Å²) in [5.74, 6) is 0. The molecule has 18 rings (SSSR count). The zero-order chi connectivity index (χ0) is 57.4. The molecular weight excluding hydrogens is 1100 g/mol. The van der Waals surface area contributed by atoms with Crippen molar-refractivity contribution in [2.45, 2.75) is 0 Å². The molecule has 5 nitrogen and oxygen atoms in total. The molecule has 0 aliphatic heterocycles. The van der Waals surface area contributed by atoms with Gasteiger partial charge >= 0.3 is 0 Å². The van der Waals surface area contributed by atoms with Crippen molar-refractivity contribution >= 4 is 134 Å². The van der Waals surface area contributed by atoms with Crippen molar-refractivity contribution in [1.82, 2.24) is 9.13 Å². The maximum atomic E-state index is 12.5. The molecule has 0 spiro atoms. The number of hydrogen-bond acceptors (Lipinski definition) is 4. The van der Waals surface area contributed by atoms with Crippen molar-refractivity contribution in [3.05, 3.63) is 284 Å². The topological polar surface area (TPSA) is 51.1 Å². The molecule has 13 aromatic carbocycles. The third-order valence-corrected chi connectivity index (χ3v) is 20.2. The highest BCUT2D eigenvalue weighted by Crippen LogP contribution is 2.55. The van der Waals surface area contributed by atoms with Crippen molar-refractivity contribution < 1.29 is 4.42 Å². The summed E-state index contributed by atoms with van der Waals surface area (Å²) in [5, 5.41) is 23.5. The third-order valence-electron chi connectivity index (χ3n) is 17.8. The maximum Gasteiger partial charge on any atom is 0.220 e. The first kappa shape index (κ1) is 49.1. The number of nitrogens with zero attached hydrogens (tertiary/aromatic N) is 4. The van der Waals surface area contributed by atoms with Crippen LogP contribution in [0.15, 0.2) is 271 Å². The minimum absolute atomic E-state index is 0.392. The minimum atomic E-state index is 0.392. The van der Waals surface area contributed by atoms with Crippen LogP contribution in [0, 0.1) is 17.9 Å². The van der Waals surface area contributed by atoms with E-state index < -0.39 is 0 Å². The van der Waals surface area contributed by atoms with E-state index in [1.165, 1.54) is 20.2 Å². The first-order valence-electron chi connectivity index (χ1n) is 29.1. The van der Waals surface area contributed by atoms with Crippen LogP contribution in [0.1, 0.15) is 5.56 Å². The quantitative estimate of drug-likeness (QED) is 0.149. The second-order valence-electron chi connectivity index (χ2n) is 22.4. The van der Waals surface area contributed by atoms with Gasteiger partial charge in [0.25, 0.3) is 0 Å². The Balaban J connectivity index is 1.03. The number of furan rings is 1. The summed E-state index contributed by atoms with van der Waals surface area (Å²) in [6.45, 7) is 9.59. The van der Waals surface area contributed by atoms with Gasteiger partial charge in [-0.2, -0.15) is 5.26 Å². The Morgan fingerprint density at radius 2 is 0.862 bits per heavy atom. The van der Waals surface area contributed by atoms with Crippen LogP contribution in [0.2, 0.25) is 0 Å². The van der Waals surface area contributed by atoms with E-state index in [9.17, 15) is 11.8 Å². The summed E-state index contributed by atoms with van der Waals surface area (Å²) in [7, 11) is 0. The third kappa shape index (κ3) is 7.22. The Labute approximate surface area is 506 Å². The molecule has 18 aromatic rings. The molecular formula is C80H44N4OS2. The molecule has 402 valence electrons. The van der Waals surface area contributed by atoms with E-state index in [1.807, 2.05) is 54.6 Å².